The lowest BCUT2D eigenvalue weighted by Gasteiger charge is -2.12. The van der Waals surface area contributed by atoms with Crippen molar-refractivity contribution >= 4 is 31.9 Å². The van der Waals surface area contributed by atoms with Crippen molar-refractivity contribution in [1.29, 1.82) is 0 Å². The fraction of sp³-hybridized carbons (Fsp3) is 0.0769. The summed E-state index contributed by atoms with van der Waals surface area (Å²) in [6, 6.07) is 4.99. The predicted octanol–water partition coefficient (Wildman–Crippen LogP) is 6.30. The molecule has 0 spiro atoms. The van der Waals surface area contributed by atoms with Gasteiger partial charge in [0.15, 0.2) is 17.4 Å². The first-order valence-electron chi connectivity index (χ1n) is 5.37. The summed E-state index contributed by atoms with van der Waals surface area (Å²) >= 11 is 6.26. The van der Waals surface area contributed by atoms with Gasteiger partial charge in [0.1, 0.15) is 5.75 Å². The molecule has 2 aromatic rings. The molecule has 2 aromatic carbocycles. The van der Waals surface area contributed by atoms with E-state index in [0.29, 0.717) is 8.95 Å². The first-order valence-corrected chi connectivity index (χ1v) is 6.96. The van der Waals surface area contributed by atoms with E-state index in [-0.39, 0.29) is 17.9 Å². The maximum Gasteiger partial charge on any atom is 0.416 e. The molecule has 0 N–H and O–H groups in total. The van der Waals surface area contributed by atoms with Gasteiger partial charge in [-0.25, -0.2) is 8.78 Å². The molecule has 0 saturated carbocycles. The van der Waals surface area contributed by atoms with E-state index in [2.05, 4.69) is 31.9 Å². The Morgan fingerprint density at radius 3 is 2.00 bits per heavy atom. The van der Waals surface area contributed by atoms with Crippen molar-refractivity contribution in [2.24, 2.45) is 0 Å². The molecule has 0 aliphatic heterocycles. The van der Waals surface area contributed by atoms with Gasteiger partial charge in [-0.15, -0.1) is 0 Å². The smallest absolute Gasteiger partial charge is 0.416 e. The van der Waals surface area contributed by atoms with E-state index >= 15 is 0 Å². The molecule has 2 rings (SSSR count). The minimum atomic E-state index is -4.84. The van der Waals surface area contributed by atoms with Crippen LogP contribution >= 0.6 is 31.9 Å². The van der Waals surface area contributed by atoms with Crippen molar-refractivity contribution in [1.82, 2.24) is 0 Å². The largest absolute Gasteiger partial charge is 0.450 e. The first-order chi connectivity index (χ1) is 9.68. The molecular formula is C13H5Br2F5O. The summed E-state index contributed by atoms with van der Waals surface area (Å²) in [5, 5.41) is 0. The maximum atomic E-state index is 13.7. The molecule has 0 heterocycles. The third-order valence-electron chi connectivity index (χ3n) is 2.43. The number of benzene rings is 2. The summed E-state index contributed by atoms with van der Waals surface area (Å²) in [4.78, 5) is 0. The van der Waals surface area contributed by atoms with Gasteiger partial charge < -0.3 is 4.74 Å². The lowest BCUT2D eigenvalue weighted by molar-refractivity contribution is -0.138. The van der Waals surface area contributed by atoms with Gasteiger partial charge in [-0.2, -0.15) is 13.2 Å². The van der Waals surface area contributed by atoms with Crippen LogP contribution in [0.15, 0.2) is 39.3 Å². The van der Waals surface area contributed by atoms with E-state index in [4.69, 9.17) is 4.74 Å². The van der Waals surface area contributed by atoms with Crippen molar-refractivity contribution in [3.63, 3.8) is 0 Å². The van der Waals surface area contributed by atoms with Gasteiger partial charge in [-0.05, 0) is 46.3 Å². The second-order valence-electron chi connectivity index (χ2n) is 3.94. The lowest BCUT2D eigenvalue weighted by Crippen LogP contribution is -2.07. The van der Waals surface area contributed by atoms with E-state index in [9.17, 15) is 22.0 Å². The van der Waals surface area contributed by atoms with Crippen LogP contribution in [-0.2, 0) is 6.18 Å². The molecule has 0 radical (unpaired) electrons. The second-order valence-corrected chi connectivity index (χ2v) is 5.71. The molecule has 0 unspecified atom stereocenters. The molecule has 21 heavy (non-hydrogen) atoms. The van der Waals surface area contributed by atoms with Gasteiger partial charge >= 0.3 is 6.18 Å². The van der Waals surface area contributed by atoms with E-state index in [0.717, 1.165) is 0 Å². The van der Waals surface area contributed by atoms with Gasteiger partial charge in [0.25, 0.3) is 0 Å². The number of ether oxygens (including phenoxy) is 1. The SMILES string of the molecule is Fc1cc(C(F)(F)F)cc(F)c1Oc1cc(Br)ccc1Br. The Bertz CT molecular complexity index is 662. The van der Waals surface area contributed by atoms with Crippen LogP contribution in [0.2, 0.25) is 0 Å². The summed E-state index contributed by atoms with van der Waals surface area (Å²) < 4.78 is 70.6. The molecule has 0 bridgehead atoms. The van der Waals surface area contributed by atoms with Crippen molar-refractivity contribution in [2.75, 3.05) is 0 Å². The van der Waals surface area contributed by atoms with E-state index in [1.54, 1.807) is 12.1 Å². The Morgan fingerprint density at radius 2 is 1.48 bits per heavy atom. The molecule has 1 nitrogen and oxygen atoms in total. The van der Waals surface area contributed by atoms with Gasteiger partial charge in [-0.1, -0.05) is 15.9 Å². The highest BCUT2D eigenvalue weighted by atomic mass is 79.9. The maximum absolute atomic E-state index is 13.7. The Hall–Kier alpha value is -1.15. The monoisotopic (exact) mass is 430 g/mol. The fourth-order valence-corrected chi connectivity index (χ4v) is 2.15. The minimum absolute atomic E-state index is 0.0573. The van der Waals surface area contributed by atoms with Crippen LogP contribution in [0, 0.1) is 11.6 Å². The summed E-state index contributed by atoms with van der Waals surface area (Å²) in [5.74, 6) is -3.72. The standard InChI is InChI=1S/C13H5Br2F5O/c14-7-1-2-8(15)11(5-7)21-12-9(16)3-6(4-10(12)17)13(18,19)20/h1-5H. The van der Waals surface area contributed by atoms with Gasteiger partial charge in [-0.3, -0.25) is 0 Å². The summed E-state index contributed by atoms with van der Waals surface area (Å²) in [6.07, 6.45) is -4.84. The molecule has 8 heteroatoms. The van der Waals surface area contributed by atoms with Crippen LogP contribution in [0.1, 0.15) is 5.56 Å². The Labute approximate surface area is 133 Å². The van der Waals surface area contributed by atoms with Crippen molar-refractivity contribution in [2.45, 2.75) is 6.18 Å². The highest BCUT2D eigenvalue weighted by Gasteiger charge is 2.33. The summed E-state index contributed by atoms with van der Waals surface area (Å²) in [5.41, 5.74) is -1.42. The highest BCUT2D eigenvalue weighted by Crippen LogP contribution is 2.38. The molecule has 112 valence electrons. The third kappa shape index (κ3) is 3.74. The number of hydrogen-bond donors (Lipinski definition) is 0. The Morgan fingerprint density at radius 1 is 0.905 bits per heavy atom. The quantitative estimate of drug-likeness (QED) is 0.507. The molecule has 0 atom stereocenters. The zero-order chi connectivity index (χ0) is 15.8. The molecule has 0 aliphatic carbocycles. The van der Waals surface area contributed by atoms with E-state index in [1.165, 1.54) is 6.07 Å². The van der Waals surface area contributed by atoms with Crippen molar-refractivity contribution in [3.05, 3.63) is 56.5 Å². The highest BCUT2D eigenvalue weighted by molar-refractivity contribution is 9.11. The number of halogens is 7. The Balaban J connectivity index is 2.44. The topological polar surface area (TPSA) is 9.23 Å². The number of rotatable bonds is 2. The normalized spacial score (nSPS) is 11.6. The number of alkyl halides is 3. The van der Waals surface area contributed by atoms with Crippen LogP contribution in [-0.4, -0.2) is 0 Å². The average molecular weight is 432 g/mol. The van der Waals surface area contributed by atoms with E-state index in [1.807, 2.05) is 0 Å². The Kier molecular flexibility index (Phi) is 4.57. The third-order valence-corrected chi connectivity index (χ3v) is 3.58. The van der Waals surface area contributed by atoms with Crippen LogP contribution in [0.4, 0.5) is 22.0 Å². The summed E-state index contributed by atoms with van der Waals surface area (Å²) in [7, 11) is 0. The number of hydrogen-bond acceptors (Lipinski definition) is 1. The first kappa shape index (κ1) is 16.2. The average Bonchev–Trinajstić information content (AvgIpc) is 2.36. The zero-order valence-corrected chi connectivity index (χ0v) is 13.1. The lowest BCUT2D eigenvalue weighted by atomic mass is 10.2. The van der Waals surface area contributed by atoms with Gasteiger partial charge in [0.05, 0.1) is 10.0 Å². The zero-order valence-electron chi connectivity index (χ0n) is 9.94. The van der Waals surface area contributed by atoms with Crippen molar-refractivity contribution < 1.29 is 26.7 Å². The van der Waals surface area contributed by atoms with Crippen LogP contribution in [0.3, 0.4) is 0 Å². The van der Waals surface area contributed by atoms with Crippen LogP contribution in [0.25, 0.3) is 0 Å². The van der Waals surface area contributed by atoms with E-state index < -0.39 is 29.1 Å². The molecular weight excluding hydrogens is 427 g/mol. The summed E-state index contributed by atoms with van der Waals surface area (Å²) in [6.45, 7) is 0. The predicted molar refractivity (Wildman–Crippen MR) is 73.3 cm³/mol. The van der Waals surface area contributed by atoms with Gasteiger partial charge in [0.2, 0.25) is 0 Å². The second kappa shape index (κ2) is 5.92. The van der Waals surface area contributed by atoms with Crippen LogP contribution in [0.5, 0.6) is 11.5 Å². The molecule has 0 saturated heterocycles. The molecule has 0 amide bonds. The minimum Gasteiger partial charge on any atom is -0.450 e. The van der Waals surface area contributed by atoms with Crippen molar-refractivity contribution in [3.8, 4) is 11.5 Å². The molecule has 0 aliphatic rings. The van der Waals surface area contributed by atoms with Gasteiger partial charge in [0, 0.05) is 4.47 Å². The fourth-order valence-electron chi connectivity index (χ4n) is 1.49. The van der Waals surface area contributed by atoms with Crippen LogP contribution < -0.4 is 4.74 Å². The molecule has 0 fully saturated rings. The molecule has 0 aromatic heterocycles.